The van der Waals surface area contributed by atoms with Crippen molar-refractivity contribution in [2.75, 3.05) is 0 Å². The second kappa shape index (κ2) is 2.13. The molecule has 2 rings (SSSR count). The second-order valence-corrected chi connectivity index (χ2v) is 2.64. The highest BCUT2D eigenvalue weighted by Crippen LogP contribution is 2.13. The van der Waals surface area contributed by atoms with Crippen LogP contribution in [0.3, 0.4) is 0 Å². The van der Waals surface area contributed by atoms with E-state index in [1.165, 1.54) is 0 Å². The summed E-state index contributed by atoms with van der Waals surface area (Å²) in [5, 5.41) is 0.516. The van der Waals surface area contributed by atoms with E-state index in [-0.39, 0.29) is 0 Å². The van der Waals surface area contributed by atoms with Crippen LogP contribution in [0.25, 0.3) is 11.0 Å². The van der Waals surface area contributed by atoms with Crippen LogP contribution in [0.15, 0.2) is 23.0 Å². The van der Waals surface area contributed by atoms with Gasteiger partial charge in [-0.2, -0.15) is 0 Å². The predicted octanol–water partition coefficient (Wildman–Crippen LogP) is 1.51. The predicted molar refractivity (Wildman–Crippen MR) is 43.9 cm³/mol. The van der Waals surface area contributed by atoms with Crippen molar-refractivity contribution in [2.45, 2.75) is 0 Å². The molecule has 0 amide bonds. The maximum absolute atomic E-state index is 10.9. The Labute approximate surface area is 68.5 Å². The number of fused-ring (bicyclic) bond motifs is 1. The number of rotatable bonds is 0. The van der Waals surface area contributed by atoms with Gasteiger partial charge in [-0.1, -0.05) is 11.6 Å². The standard InChI is InChI=1S/C7H5ClN2O/c8-4-1-2-5-6(3-4)10-7(11)9-5/h1-3H,(H2,9,10,11)/i/hD. The Balaban J connectivity index is 2.98. The smallest absolute Gasteiger partial charge is 0.306 e. The maximum atomic E-state index is 10.9. The maximum Gasteiger partial charge on any atom is 0.323 e. The van der Waals surface area contributed by atoms with Crippen molar-refractivity contribution in [1.82, 2.24) is 9.96 Å². The first-order valence-electron chi connectivity index (χ1n) is 3.53. The molecule has 0 aliphatic rings. The highest BCUT2D eigenvalue weighted by atomic mass is 35.5. The third-order valence-corrected chi connectivity index (χ3v) is 1.66. The zero-order chi connectivity index (χ0) is 8.72. The molecule has 0 atom stereocenters. The van der Waals surface area contributed by atoms with Gasteiger partial charge >= 0.3 is 5.69 Å². The molecule has 0 bridgehead atoms. The van der Waals surface area contributed by atoms with Gasteiger partial charge in [0, 0.05) is 5.02 Å². The number of halogens is 1. The molecule has 2 N–H and O–H groups in total. The molecular weight excluding hydrogens is 164 g/mol. The SMILES string of the molecule is [2H]n1c(=O)[nH]c2ccc(Cl)cc21. The highest BCUT2D eigenvalue weighted by Gasteiger charge is 1.96. The summed E-state index contributed by atoms with van der Waals surface area (Å²) in [5.41, 5.74) is 0.666. The lowest BCUT2D eigenvalue weighted by Gasteiger charge is -1.87. The van der Waals surface area contributed by atoms with E-state index in [1.54, 1.807) is 18.2 Å². The van der Waals surface area contributed by atoms with Gasteiger partial charge in [0.25, 0.3) is 0 Å². The van der Waals surface area contributed by atoms with Gasteiger partial charge in [0.15, 0.2) is 1.41 Å². The van der Waals surface area contributed by atoms with Crippen molar-refractivity contribution in [3.8, 4) is 0 Å². The fourth-order valence-electron chi connectivity index (χ4n) is 0.956. The van der Waals surface area contributed by atoms with Crippen LogP contribution in [0.5, 0.6) is 0 Å². The van der Waals surface area contributed by atoms with Crippen LogP contribution in [-0.2, 0) is 0 Å². The van der Waals surface area contributed by atoms with Gasteiger partial charge in [0.05, 0.1) is 11.0 Å². The number of hydrogen-bond acceptors (Lipinski definition) is 1. The topological polar surface area (TPSA) is 48.6 Å². The third-order valence-electron chi connectivity index (χ3n) is 1.42. The molecule has 56 valence electrons. The average molecular weight is 170 g/mol. The van der Waals surface area contributed by atoms with Gasteiger partial charge in [-0.3, -0.25) is 0 Å². The van der Waals surface area contributed by atoms with Crippen LogP contribution in [0.2, 0.25) is 6.43 Å². The Kier molecular flexibility index (Phi) is 1.05. The summed E-state index contributed by atoms with van der Waals surface area (Å²) >= 11 is 5.69. The van der Waals surface area contributed by atoms with Crippen molar-refractivity contribution in [2.24, 2.45) is 0 Å². The van der Waals surface area contributed by atoms with E-state index in [0.29, 0.717) is 16.1 Å². The molecule has 0 spiro atoms. The van der Waals surface area contributed by atoms with E-state index in [1.807, 2.05) is 0 Å². The normalized spacial score (nSPS) is 11.9. The Morgan fingerprint density at radius 2 is 2.27 bits per heavy atom. The van der Waals surface area contributed by atoms with Gasteiger partial charge in [-0.05, 0) is 18.2 Å². The van der Waals surface area contributed by atoms with Crippen molar-refractivity contribution in [1.29, 1.82) is 0 Å². The summed E-state index contributed by atoms with van der Waals surface area (Å²) < 4.78 is 7.28. The third kappa shape index (κ3) is 1.03. The summed E-state index contributed by atoms with van der Waals surface area (Å²) in [6, 6.07) is 4.91. The second-order valence-electron chi connectivity index (χ2n) is 2.20. The van der Waals surface area contributed by atoms with Crippen LogP contribution >= 0.6 is 11.6 Å². The van der Waals surface area contributed by atoms with Gasteiger partial charge in [0.2, 0.25) is 0 Å². The van der Waals surface area contributed by atoms with E-state index >= 15 is 0 Å². The molecule has 1 aromatic heterocycles. The molecule has 1 heterocycles. The summed E-state index contributed by atoms with van der Waals surface area (Å²) in [6.07, 6.45) is 0. The molecule has 0 saturated heterocycles. The quantitative estimate of drug-likeness (QED) is 0.617. The van der Waals surface area contributed by atoms with E-state index in [9.17, 15) is 4.79 Å². The van der Waals surface area contributed by atoms with Crippen LogP contribution in [0.1, 0.15) is 0 Å². The van der Waals surface area contributed by atoms with Gasteiger partial charge in [-0.25, -0.2) is 4.79 Å². The Hall–Kier alpha value is -1.22. The molecule has 0 saturated carbocycles. The lowest BCUT2D eigenvalue weighted by atomic mass is 10.3. The molecule has 4 heteroatoms. The van der Waals surface area contributed by atoms with Gasteiger partial charge < -0.3 is 9.96 Å². The lowest BCUT2D eigenvalue weighted by molar-refractivity contribution is 1.22. The van der Waals surface area contributed by atoms with Crippen molar-refractivity contribution < 1.29 is 1.41 Å². The summed E-state index contributed by atoms with van der Waals surface area (Å²) in [5.74, 6) is 0. The van der Waals surface area contributed by atoms with Gasteiger partial charge in [-0.15, -0.1) is 0 Å². The first kappa shape index (κ1) is 5.43. The molecule has 0 aliphatic carbocycles. The zero-order valence-corrected chi connectivity index (χ0v) is 6.22. The molecule has 0 fully saturated rings. The first-order valence-corrected chi connectivity index (χ1v) is 3.46. The van der Waals surface area contributed by atoms with Crippen LogP contribution in [-0.4, -0.2) is 9.96 Å². The molecule has 11 heavy (non-hydrogen) atoms. The molecular formula is C7H5ClN2O. The summed E-state index contributed by atoms with van der Waals surface area (Å²) in [4.78, 5) is 14.2. The van der Waals surface area contributed by atoms with Crippen LogP contribution in [0, 0.1) is 0 Å². The number of nitrogens with one attached hydrogen (secondary N) is 2. The number of imidazole rings is 1. The van der Waals surface area contributed by atoms with Crippen LogP contribution in [0.4, 0.5) is 0 Å². The largest absolute Gasteiger partial charge is 0.323 e. The number of H-pyrrole nitrogens is 2. The van der Waals surface area contributed by atoms with E-state index < -0.39 is 5.69 Å². The van der Waals surface area contributed by atoms with Crippen molar-refractivity contribution in [3.05, 3.63) is 33.7 Å². The van der Waals surface area contributed by atoms with Crippen LogP contribution < -0.4 is 5.69 Å². The summed E-state index contributed by atoms with van der Waals surface area (Å²) in [7, 11) is 0. The first-order chi connectivity index (χ1) is 5.68. The minimum atomic E-state index is -0.452. The molecule has 3 nitrogen and oxygen atoms in total. The summed E-state index contributed by atoms with van der Waals surface area (Å²) in [6.45, 7) is 0. The number of aromatic amines is 2. The zero-order valence-electron chi connectivity index (χ0n) is 6.47. The molecule has 1 aromatic carbocycles. The van der Waals surface area contributed by atoms with E-state index in [0.717, 1.165) is 4.98 Å². The molecule has 0 radical (unpaired) electrons. The van der Waals surface area contributed by atoms with Crippen molar-refractivity contribution in [3.63, 3.8) is 0 Å². The minimum Gasteiger partial charge on any atom is -0.306 e. The fourth-order valence-corrected chi connectivity index (χ4v) is 1.12. The molecule has 0 unspecified atom stereocenters. The minimum absolute atomic E-state index is 0.452. The number of benzene rings is 1. The van der Waals surface area contributed by atoms with Crippen molar-refractivity contribution >= 4 is 22.6 Å². The Morgan fingerprint density at radius 1 is 1.45 bits per heavy atom. The monoisotopic (exact) mass is 169 g/mol. The Bertz CT molecular complexity index is 488. The molecule has 2 aromatic rings. The average Bonchev–Trinajstić information content (AvgIpc) is 2.31. The Morgan fingerprint density at radius 3 is 3.09 bits per heavy atom. The van der Waals surface area contributed by atoms with E-state index in [2.05, 4.69) is 4.98 Å². The van der Waals surface area contributed by atoms with Gasteiger partial charge in [0.1, 0.15) is 0 Å². The molecule has 0 aliphatic heterocycles. The number of hydrogen-bond donors (Lipinski definition) is 2. The highest BCUT2D eigenvalue weighted by molar-refractivity contribution is 6.31. The number of aromatic nitrogens is 2. The lowest BCUT2D eigenvalue weighted by Crippen LogP contribution is -1.99. The fraction of sp³-hybridized carbons (Fsp3) is 0. The van der Waals surface area contributed by atoms with E-state index in [4.69, 9.17) is 13.0 Å².